The Hall–Kier alpha value is -3.04. The van der Waals surface area contributed by atoms with E-state index in [9.17, 15) is 0 Å². The second kappa shape index (κ2) is 8.97. The van der Waals surface area contributed by atoms with Crippen LogP contribution in [0.5, 0.6) is 11.5 Å². The van der Waals surface area contributed by atoms with Gasteiger partial charge in [0.1, 0.15) is 11.5 Å². The summed E-state index contributed by atoms with van der Waals surface area (Å²) >= 11 is 0. The van der Waals surface area contributed by atoms with Crippen LogP contribution in [0.2, 0.25) is 0 Å². The van der Waals surface area contributed by atoms with E-state index < -0.39 is 0 Å². The Labute approximate surface area is 172 Å². The summed E-state index contributed by atoms with van der Waals surface area (Å²) in [5, 5.41) is 8.65. The van der Waals surface area contributed by atoms with Crippen molar-refractivity contribution in [1.82, 2.24) is 5.32 Å². The third-order valence-corrected chi connectivity index (χ3v) is 5.54. The molecule has 0 heterocycles. The van der Waals surface area contributed by atoms with E-state index in [1.807, 2.05) is 0 Å². The van der Waals surface area contributed by atoms with Gasteiger partial charge in [-0.15, -0.1) is 0 Å². The van der Waals surface area contributed by atoms with Crippen LogP contribution >= 0.6 is 0 Å². The molecule has 0 fully saturated rings. The van der Waals surface area contributed by atoms with Gasteiger partial charge in [0.15, 0.2) is 0 Å². The van der Waals surface area contributed by atoms with Gasteiger partial charge in [0, 0.05) is 11.1 Å². The third-order valence-electron chi connectivity index (χ3n) is 5.54. The molecule has 0 aliphatic carbocycles. The summed E-state index contributed by atoms with van der Waals surface area (Å²) < 4.78 is 11.2. The normalized spacial score (nSPS) is 11.1. The van der Waals surface area contributed by atoms with Gasteiger partial charge in [-0.1, -0.05) is 60.7 Å². The minimum Gasteiger partial charge on any atom is -0.496 e. The molecule has 148 valence electrons. The second-order valence-electron chi connectivity index (χ2n) is 7.19. The maximum absolute atomic E-state index is 5.61. The van der Waals surface area contributed by atoms with E-state index in [1.54, 1.807) is 14.2 Å². The molecule has 29 heavy (non-hydrogen) atoms. The van der Waals surface area contributed by atoms with E-state index in [4.69, 9.17) is 9.47 Å². The first-order valence-electron chi connectivity index (χ1n) is 10.1. The van der Waals surface area contributed by atoms with Crippen molar-refractivity contribution in [3.63, 3.8) is 0 Å². The van der Waals surface area contributed by atoms with Crippen LogP contribution in [-0.4, -0.2) is 27.3 Å². The van der Waals surface area contributed by atoms with Crippen LogP contribution in [0.15, 0.2) is 72.8 Å². The van der Waals surface area contributed by atoms with Gasteiger partial charge in [0.2, 0.25) is 0 Å². The number of benzene rings is 4. The van der Waals surface area contributed by atoms with Crippen LogP contribution in [0.1, 0.15) is 11.1 Å². The van der Waals surface area contributed by atoms with E-state index in [-0.39, 0.29) is 0 Å². The topological polar surface area (TPSA) is 30.5 Å². The highest BCUT2D eigenvalue weighted by atomic mass is 16.5. The zero-order chi connectivity index (χ0) is 20.1. The number of methoxy groups -OCH3 is 2. The first-order chi connectivity index (χ1) is 14.3. The van der Waals surface area contributed by atoms with Crippen molar-refractivity contribution >= 4 is 21.5 Å². The molecule has 0 unspecified atom stereocenters. The summed E-state index contributed by atoms with van der Waals surface area (Å²) in [6.45, 7) is 1.80. The summed E-state index contributed by atoms with van der Waals surface area (Å²) in [6.07, 6.45) is 1.86. The van der Waals surface area contributed by atoms with Crippen LogP contribution in [-0.2, 0) is 12.8 Å². The van der Waals surface area contributed by atoms with Crippen molar-refractivity contribution in [2.45, 2.75) is 12.8 Å². The molecule has 0 saturated heterocycles. The Balaban J connectivity index is 1.44. The maximum atomic E-state index is 5.61. The van der Waals surface area contributed by atoms with E-state index in [0.29, 0.717) is 0 Å². The van der Waals surface area contributed by atoms with Crippen molar-refractivity contribution in [2.75, 3.05) is 27.3 Å². The van der Waals surface area contributed by atoms with Crippen molar-refractivity contribution < 1.29 is 9.47 Å². The van der Waals surface area contributed by atoms with Gasteiger partial charge in [-0.05, 0) is 59.6 Å². The molecule has 3 nitrogen and oxygen atoms in total. The summed E-state index contributed by atoms with van der Waals surface area (Å²) in [5.74, 6) is 1.92. The van der Waals surface area contributed by atoms with Gasteiger partial charge in [0.05, 0.1) is 14.2 Å². The molecule has 0 aliphatic rings. The Bertz CT molecular complexity index is 1030. The van der Waals surface area contributed by atoms with E-state index in [1.165, 1.54) is 32.7 Å². The van der Waals surface area contributed by atoms with Gasteiger partial charge < -0.3 is 14.8 Å². The molecule has 3 heteroatoms. The van der Waals surface area contributed by atoms with Crippen molar-refractivity contribution in [1.29, 1.82) is 0 Å². The molecular formula is C26H27NO2. The highest BCUT2D eigenvalue weighted by Crippen LogP contribution is 2.29. The minimum atomic E-state index is 0.900. The highest BCUT2D eigenvalue weighted by Gasteiger charge is 2.10. The van der Waals surface area contributed by atoms with Crippen LogP contribution in [0.3, 0.4) is 0 Å². The van der Waals surface area contributed by atoms with Gasteiger partial charge in [0.25, 0.3) is 0 Å². The lowest BCUT2D eigenvalue weighted by Crippen LogP contribution is -2.20. The molecule has 0 saturated carbocycles. The first kappa shape index (κ1) is 19.3. The van der Waals surface area contributed by atoms with Gasteiger partial charge in [-0.2, -0.15) is 0 Å². The maximum Gasteiger partial charge on any atom is 0.122 e. The summed E-state index contributed by atoms with van der Waals surface area (Å²) in [6, 6.07) is 25.4. The molecular weight excluding hydrogens is 358 g/mol. The summed E-state index contributed by atoms with van der Waals surface area (Å²) in [5.41, 5.74) is 2.53. The number of ether oxygens (including phenoxy) is 2. The van der Waals surface area contributed by atoms with E-state index >= 15 is 0 Å². The second-order valence-corrected chi connectivity index (χ2v) is 7.19. The average molecular weight is 386 g/mol. The zero-order valence-corrected chi connectivity index (χ0v) is 17.1. The highest BCUT2D eigenvalue weighted by molar-refractivity contribution is 5.88. The third kappa shape index (κ3) is 4.06. The Morgan fingerprint density at radius 1 is 0.586 bits per heavy atom. The smallest absolute Gasteiger partial charge is 0.122 e. The Morgan fingerprint density at radius 2 is 1.03 bits per heavy atom. The van der Waals surface area contributed by atoms with Crippen molar-refractivity contribution in [2.24, 2.45) is 0 Å². The molecule has 1 N–H and O–H groups in total. The molecule has 0 amide bonds. The standard InChI is InChI=1S/C26H27NO2/c1-28-25-13-11-19-7-3-5-9-21(19)23(25)15-17-27-18-16-24-22-10-6-4-8-20(22)12-14-26(24)29-2/h3-14,27H,15-18H2,1-2H3. The van der Waals surface area contributed by atoms with Crippen LogP contribution in [0.25, 0.3) is 21.5 Å². The fourth-order valence-electron chi connectivity index (χ4n) is 4.08. The number of rotatable bonds is 8. The lowest BCUT2D eigenvalue weighted by Gasteiger charge is -2.14. The van der Waals surface area contributed by atoms with Gasteiger partial charge >= 0.3 is 0 Å². The molecule has 0 aliphatic heterocycles. The number of nitrogens with one attached hydrogen (secondary N) is 1. The number of fused-ring (bicyclic) bond motifs is 2. The lowest BCUT2D eigenvalue weighted by molar-refractivity contribution is 0.409. The average Bonchev–Trinajstić information content (AvgIpc) is 2.78. The van der Waals surface area contributed by atoms with Crippen molar-refractivity contribution in [3.8, 4) is 11.5 Å². The fourth-order valence-corrected chi connectivity index (χ4v) is 4.08. The Morgan fingerprint density at radius 3 is 1.48 bits per heavy atom. The molecule has 0 radical (unpaired) electrons. The summed E-state index contributed by atoms with van der Waals surface area (Å²) in [7, 11) is 3.49. The Kier molecular flexibility index (Phi) is 5.97. The number of hydrogen-bond donors (Lipinski definition) is 1. The monoisotopic (exact) mass is 385 g/mol. The molecule has 4 aromatic rings. The quantitative estimate of drug-likeness (QED) is 0.413. The molecule has 4 rings (SSSR count). The van der Waals surface area contributed by atoms with Gasteiger partial charge in [-0.25, -0.2) is 0 Å². The zero-order valence-electron chi connectivity index (χ0n) is 17.1. The lowest BCUT2D eigenvalue weighted by atomic mass is 10.00. The molecule has 0 atom stereocenters. The largest absolute Gasteiger partial charge is 0.496 e. The van der Waals surface area contributed by atoms with E-state index in [0.717, 1.165) is 37.4 Å². The SMILES string of the molecule is COc1ccc2ccccc2c1CCNCCc1c(OC)ccc2ccccc12. The number of hydrogen-bond acceptors (Lipinski definition) is 3. The molecule has 4 aromatic carbocycles. The van der Waals surface area contributed by atoms with Gasteiger partial charge in [-0.3, -0.25) is 0 Å². The van der Waals surface area contributed by atoms with Crippen LogP contribution in [0, 0.1) is 0 Å². The van der Waals surface area contributed by atoms with Crippen molar-refractivity contribution in [3.05, 3.63) is 83.9 Å². The van der Waals surface area contributed by atoms with Crippen LogP contribution in [0.4, 0.5) is 0 Å². The first-order valence-corrected chi connectivity index (χ1v) is 10.1. The van der Waals surface area contributed by atoms with E-state index in [2.05, 4.69) is 78.1 Å². The predicted molar refractivity (Wildman–Crippen MR) is 121 cm³/mol. The van der Waals surface area contributed by atoms with Crippen LogP contribution < -0.4 is 14.8 Å². The summed E-state index contributed by atoms with van der Waals surface area (Å²) in [4.78, 5) is 0. The molecule has 0 spiro atoms. The molecule has 0 bridgehead atoms. The minimum absolute atomic E-state index is 0.900. The fraction of sp³-hybridized carbons (Fsp3) is 0.231. The predicted octanol–water partition coefficient (Wildman–Crippen LogP) is 5.39. The molecule has 0 aromatic heterocycles.